The zero-order valence-electron chi connectivity index (χ0n) is 1.50. The van der Waals surface area contributed by atoms with Crippen LogP contribution >= 0.6 is 0 Å². The summed E-state index contributed by atoms with van der Waals surface area (Å²) in [5.41, 5.74) is 0. The molecule has 0 aliphatic carbocycles. The molecule has 0 rings (SSSR count). The molecule has 0 amide bonds. The second-order valence-corrected chi connectivity index (χ2v) is 0. The van der Waals surface area contributed by atoms with E-state index in [1.807, 2.05) is 0 Å². The van der Waals surface area contributed by atoms with Gasteiger partial charge in [-0.15, -0.1) is 0 Å². The molecule has 0 N–H and O–H groups in total. The van der Waals surface area contributed by atoms with Gasteiger partial charge < -0.3 is 0 Å². The van der Waals surface area contributed by atoms with Crippen LogP contribution in [0.3, 0.4) is 0 Å². The maximum atomic E-state index is 0. The molecule has 0 aromatic heterocycles. The smallest absolute Gasteiger partial charge is 0 e. The monoisotopic (exact) mass is 300 g/mol. The zero-order chi connectivity index (χ0) is 0. The quantitative estimate of drug-likeness (QED) is 0.494. The van der Waals surface area contributed by atoms with Crippen molar-refractivity contribution in [1.29, 1.82) is 0 Å². The third-order valence-corrected chi connectivity index (χ3v) is 0. The van der Waals surface area contributed by atoms with Crippen molar-refractivity contribution in [3.8, 4) is 0 Å². The van der Waals surface area contributed by atoms with Crippen LogP contribution in [0.25, 0.3) is 0 Å². The molecule has 4 heteroatoms. The van der Waals surface area contributed by atoms with Gasteiger partial charge in [0.1, 0.15) is 0 Å². The van der Waals surface area contributed by atoms with Crippen molar-refractivity contribution in [2.45, 2.75) is 0 Å². The van der Waals surface area contributed by atoms with E-state index in [9.17, 15) is 0 Å². The molecule has 0 unspecified atom stereocenters. The van der Waals surface area contributed by atoms with Gasteiger partial charge in [-0.2, -0.15) is 0 Å². The van der Waals surface area contributed by atoms with E-state index in [1.165, 1.54) is 0 Å². The summed E-state index contributed by atoms with van der Waals surface area (Å²) in [5.74, 6) is 0. The maximum absolute atomic E-state index is 0. The summed E-state index contributed by atoms with van der Waals surface area (Å²) in [6, 6.07) is 0. The standard InChI is InChI=1S/Al.3Zr.3H. The Kier molecular flexibility index (Phi) is 111. The molecule has 0 aliphatic rings. The molecule has 0 aromatic rings. The summed E-state index contributed by atoms with van der Waals surface area (Å²) in [6.07, 6.45) is 0. The molecule has 0 aliphatic heterocycles. The second kappa shape index (κ2) is 16.4. The molecule has 0 saturated carbocycles. The van der Waals surface area contributed by atoms with Crippen LogP contribution in [-0.2, 0) is 78.6 Å². The van der Waals surface area contributed by atoms with Crippen LogP contribution < -0.4 is 0 Å². The minimum Gasteiger partial charge on any atom is 0 e. The molecule has 0 saturated heterocycles. The van der Waals surface area contributed by atoms with E-state index < -0.39 is 0 Å². The fourth-order valence-corrected chi connectivity index (χ4v) is 0. The van der Waals surface area contributed by atoms with Crippen molar-refractivity contribution in [1.82, 2.24) is 0 Å². The fraction of sp³-hybridized carbons (Fsp3) is 0. The van der Waals surface area contributed by atoms with Gasteiger partial charge in [-0.3, -0.25) is 0 Å². The fourth-order valence-electron chi connectivity index (χ4n) is 0. The van der Waals surface area contributed by atoms with Gasteiger partial charge in [0.25, 0.3) is 0 Å². The Balaban J connectivity index is 0. The molecular formula is H3AlZr3. The Morgan fingerprint density at radius 3 is 0.500 bits per heavy atom. The maximum Gasteiger partial charge on any atom is 0.187 e. The molecule has 18 valence electrons. The van der Waals surface area contributed by atoms with Crippen molar-refractivity contribution in [2.75, 3.05) is 0 Å². The predicted octanol–water partition coefficient (Wildman–Crippen LogP) is -1.19. The van der Waals surface area contributed by atoms with E-state index in [2.05, 4.69) is 0 Å². The van der Waals surface area contributed by atoms with Crippen LogP contribution in [0.4, 0.5) is 0 Å². The van der Waals surface area contributed by atoms with E-state index in [-0.39, 0.29) is 96.0 Å². The van der Waals surface area contributed by atoms with Crippen molar-refractivity contribution in [3.63, 3.8) is 0 Å². The minimum atomic E-state index is 0. The molecule has 0 heterocycles. The molecule has 0 spiro atoms. The van der Waals surface area contributed by atoms with Crippen molar-refractivity contribution >= 4 is 17.4 Å². The summed E-state index contributed by atoms with van der Waals surface area (Å²) in [4.78, 5) is 0. The minimum absolute atomic E-state index is 0. The summed E-state index contributed by atoms with van der Waals surface area (Å²) in [7, 11) is 0. The van der Waals surface area contributed by atoms with E-state index >= 15 is 0 Å². The molecule has 0 radical (unpaired) electrons. The number of hydrogen-bond acceptors (Lipinski definition) is 0. The average molecular weight is 304 g/mol. The van der Waals surface area contributed by atoms with Crippen molar-refractivity contribution in [2.24, 2.45) is 0 Å². The van der Waals surface area contributed by atoms with Gasteiger partial charge in [0.2, 0.25) is 0 Å². The van der Waals surface area contributed by atoms with Gasteiger partial charge in [0, 0.05) is 78.6 Å². The molecule has 0 nitrogen and oxygen atoms in total. The van der Waals surface area contributed by atoms with E-state index in [0.29, 0.717) is 0 Å². The van der Waals surface area contributed by atoms with Gasteiger partial charge in [-0.05, 0) is 0 Å². The Hall–Kier alpha value is 3.18. The predicted molar refractivity (Wildman–Crippen MR) is 9.94 cm³/mol. The van der Waals surface area contributed by atoms with Crippen LogP contribution in [-0.4, -0.2) is 17.4 Å². The van der Waals surface area contributed by atoms with Crippen molar-refractivity contribution < 1.29 is 78.6 Å². The van der Waals surface area contributed by atoms with E-state index in [1.54, 1.807) is 0 Å². The first kappa shape index (κ1) is 27.1. The summed E-state index contributed by atoms with van der Waals surface area (Å²) in [5, 5.41) is 0. The molecule has 0 aromatic carbocycles. The van der Waals surface area contributed by atoms with Crippen LogP contribution in [0, 0.1) is 0 Å². The number of rotatable bonds is 0. The Morgan fingerprint density at radius 2 is 0.500 bits per heavy atom. The van der Waals surface area contributed by atoms with Gasteiger partial charge in [-0.25, -0.2) is 0 Å². The van der Waals surface area contributed by atoms with Gasteiger partial charge >= 0.3 is 0 Å². The van der Waals surface area contributed by atoms with Crippen LogP contribution in [0.2, 0.25) is 0 Å². The van der Waals surface area contributed by atoms with Gasteiger partial charge in [-0.1, -0.05) is 0 Å². The Bertz CT molecular complexity index is 3.25. The van der Waals surface area contributed by atoms with E-state index in [0.717, 1.165) is 0 Å². The second-order valence-electron chi connectivity index (χ2n) is 0. The number of hydrogen-bond donors (Lipinski definition) is 0. The van der Waals surface area contributed by atoms with Crippen LogP contribution in [0.5, 0.6) is 0 Å². The first-order valence-electron chi connectivity index (χ1n) is 0. The molecule has 0 bridgehead atoms. The van der Waals surface area contributed by atoms with Crippen molar-refractivity contribution in [3.05, 3.63) is 0 Å². The molecular weight excluding hydrogens is 301 g/mol. The summed E-state index contributed by atoms with van der Waals surface area (Å²) < 4.78 is 0. The largest absolute Gasteiger partial charge is 0.187 e. The molecule has 4 heavy (non-hydrogen) atoms. The molecule has 0 atom stereocenters. The summed E-state index contributed by atoms with van der Waals surface area (Å²) >= 11 is 0. The third-order valence-electron chi connectivity index (χ3n) is 0. The van der Waals surface area contributed by atoms with Gasteiger partial charge in [0.15, 0.2) is 17.4 Å². The average Bonchev–Trinajstić information content (AvgIpc) is 0. The summed E-state index contributed by atoms with van der Waals surface area (Å²) in [6.45, 7) is 0. The normalized spacial score (nSPS) is 0. The topological polar surface area (TPSA) is 0 Å². The Morgan fingerprint density at radius 1 is 0.500 bits per heavy atom. The molecule has 0 fully saturated rings. The van der Waals surface area contributed by atoms with Crippen LogP contribution in [0.15, 0.2) is 0 Å². The first-order chi connectivity index (χ1) is 0. The SMILES string of the molecule is [AlH3].[Zr].[Zr].[Zr]. The van der Waals surface area contributed by atoms with E-state index in [4.69, 9.17) is 0 Å². The van der Waals surface area contributed by atoms with Gasteiger partial charge in [0.05, 0.1) is 0 Å². The first-order valence-corrected chi connectivity index (χ1v) is 0. The third kappa shape index (κ3) is 8.95. The zero-order valence-corrected chi connectivity index (χ0v) is 8.87. The Labute approximate surface area is 94.0 Å². The van der Waals surface area contributed by atoms with Crippen LogP contribution in [0.1, 0.15) is 0 Å².